The van der Waals surface area contributed by atoms with E-state index in [-0.39, 0.29) is 11.6 Å². The lowest BCUT2D eigenvalue weighted by Crippen LogP contribution is -2.26. The molecule has 0 fully saturated rings. The Kier molecular flexibility index (Phi) is 4.56. The van der Waals surface area contributed by atoms with Crippen LogP contribution in [0.1, 0.15) is 20.8 Å². The zero-order valence-electron chi connectivity index (χ0n) is 9.92. The Bertz CT molecular complexity index is 354. The maximum atomic E-state index is 11.5. The quantitative estimate of drug-likeness (QED) is 0.610. The van der Waals surface area contributed by atoms with Gasteiger partial charge >= 0.3 is 5.97 Å². The molecule has 0 aliphatic heterocycles. The molecule has 0 unspecified atom stereocenters. The van der Waals surface area contributed by atoms with Gasteiger partial charge in [-0.15, -0.1) is 0 Å². The monoisotopic (exact) mass is 256 g/mol. The molecule has 4 heteroatoms. The molecule has 1 rings (SSSR count). The van der Waals surface area contributed by atoms with E-state index in [0.717, 1.165) is 5.02 Å². The highest BCUT2D eigenvalue weighted by Crippen LogP contribution is 2.08. The second-order valence-electron chi connectivity index (χ2n) is 4.71. The average Bonchev–Trinajstić information content (AvgIpc) is 2.14. The number of carbonyl (C=O) groups excluding carboxylic acids is 1. The molecule has 88 valence electrons. The molecule has 0 saturated carbocycles. The SMILES string of the molecule is CC(C)(C)OC(=O)C[SiH2]c1ccc(Cl)cc1. The lowest BCUT2D eigenvalue weighted by molar-refractivity contribution is -0.151. The summed E-state index contributed by atoms with van der Waals surface area (Å²) >= 11 is 5.79. The lowest BCUT2D eigenvalue weighted by Gasteiger charge is -2.19. The predicted octanol–water partition coefficient (Wildman–Crippen LogP) is 1.89. The number of hydrogen-bond donors (Lipinski definition) is 0. The van der Waals surface area contributed by atoms with E-state index < -0.39 is 9.52 Å². The summed E-state index contributed by atoms with van der Waals surface area (Å²) in [6.07, 6.45) is 0. The molecule has 16 heavy (non-hydrogen) atoms. The van der Waals surface area contributed by atoms with Crippen LogP contribution < -0.4 is 5.19 Å². The van der Waals surface area contributed by atoms with Crippen LogP contribution in [-0.4, -0.2) is 21.1 Å². The van der Waals surface area contributed by atoms with Crippen molar-refractivity contribution in [3.8, 4) is 0 Å². The van der Waals surface area contributed by atoms with Crippen LogP contribution in [0.3, 0.4) is 0 Å². The minimum absolute atomic E-state index is 0.103. The second kappa shape index (κ2) is 5.50. The maximum Gasteiger partial charge on any atom is 0.303 e. The van der Waals surface area contributed by atoms with Crippen LogP contribution in [0.2, 0.25) is 11.1 Å². The second-order valence-corrected chi connectivity index (χ2v) is 6.97. The number of halogens is 1. The molecular formula is C12H17ClO2Si. The van der Waals surface area contributed by atoms with Gasteiger partial charge in [-0.25, -0.2) is 0 Å². The van der Waals surface area contributed by atoms with Gasteiger partial charge in [-0.2, -0.15) is 0 Å². The minimum Gasteiger partial charge on any atom is -0.460 e. The van der Waals surface area contributed by atoms with E-state index >= 15 is 0 Å². The first-order chi connectivity index (χ1) is 7.37. The highest BCUT2D eigenvalue weighted by molar-refractivity contribution is 6.56. The van der Waals surface area contributed by atoms with Crippen molar-refractivity contribution in [3.05, 3.63) is 29.3 Å². The Balaban J connectivity index is 2.40. The highest BCUT2D eigenvalue weighted by atomic mass is 35.5. The number of benzene rings is 1. The standard InChI is InChI=1S/C12H17ClO2Si/c1-12(2,3)15-11(14)8-16-10-6-4-9(13)5-7-10/h4-7H,8,16H2,1-3H3. The molecule has 0 amide bonds. The number of esters is 1. The van der Waals surface area contributed by atoms with E-state index in [1.54, 1.807) is 0 Å². The molecule has 0 saturated heterocycles. The van der Waals surface area contributed by atoms with E-state index in [2.05, 4.69) is 0 Å². The van der Waals surface area contributed by atoms with E-state index in [1.807, 2.05) is 45.0 Å². The minimum atomic E-state index is -0.577. The third-order valence-electron chi connectivity index (χ3n) is 1.95. The number of rotatable bonds is 3. The fourth-order valence-corrected chi connectivity index (χ4v) is 2.58. The van der Waals surface area contributed by atoms with Gasteiger partial charge < -0.3 is 4.74 Å². The first-order valence-corrected chi connectivity index (χ1v) is 7.41. The molecule has 0 spiro atoms. The van der Waals surface area contributed by atoms with Gasteiger partial charge in [-0.3, -0.25) is 4.79 Å². The van der Waals surface area contributed by atoms with Gasteiger partial charge in [0.05, 0.1) is 9.52 Å². The van der Waals surface area contributed by atoms with Gasteiger partial charge in [0.1, 0.15) is 5.60 Å². The van der Waals surface area contributed by atoms with Crippen molar-refractivity contribution in [2.75, 3.05) is 0 Å². The van der Waals surface area contributed by atoms with Crippen LogP contribution in [0, 0.1) is 0 Å². The van der Waals surface area contributed by atoms with E-state index in [9.17, 15) is 4.79 Å². The molecular weight excluding hydrogens is 240 g/mol. The Hall–Kier alpha value is -0.803. The van der Waals surface area contributed by atoms with Crippen molar-refractivity contribution in [1.82, 2.24) is 0 Å². The summed E-state index contributed by atoms with van der Waals surface area (Å²) in [5.41, 5.74) is -0.383. The first kappa shape index (κ1) is 13.3. The average molecular weight is 257 g/mol. The summed E-state index contributed by atoms with van der Waals surface area (Å²) in [5, 5.41) is 1.96. The summed E-state index contributed by atoms with van der Waals surface area (Å²) in [6, 6.07) is 8.23. The number of carbonyl (C=O) groups is 1. The van der Waals surface area contributed by atoms with Gasteiger partial charge in [0.25, 0.3) is 0 Å². The van der Waals surface area contributed by atoms with Crippen molar-refractivity contribution < 1.29 is 9.53 Å². The van der Waals surface area contributed by atoms with Crippen LogP contribution >= 0.6 is 11.6 Å². The van der Waals surface area contributed by atoms with Gasteiger partial charge in [-0.1, -0.05) is 28.9 Å². The lowest BCUT2D eigenvalue weighted by atomic mass is 10.2. The fourth-order valence-electron chi connectivity index (χ4n) is 1.29. The van der Waals surface area contributed by atoms with Crippen molar-refractivity contribution in [1.29, 1.82) is 0 Å². The zero-order valence-corrected chi connectivity index (χ0v) is 12.1. The van der Waals surface area contributed by atoms with Crippen molar-refractivity contribution in [2.24, 2.45) is 0 Å². The third kappa shape index (κ3) is 5.33. The van der Waals surface area contributed by atoms with Crippen LogP contribution in [0.15, 0.2) is 24.3 Å². The predicted molar refractivity (Wildman–Crippen MR) is 70.3 cm³/mol. The van der Waals surface area contributed by atoms with Crippen molar-refractivity contribution >= 4 is 32.3 Å². The zero-order chi connectivity index (χ0) is 12.2. The summed E-state index contributed by atoms with van der Waals surface area (Å²) in [7, 11) is -0.577. The highest BCUT2D eigenvalue weighted by Gasteiger charge is 2.15. The van der Waals surface area contributed by atoms with E-state index in [4.69, 9.17) is 16.3 Å². The molecule has 0 heterocycles. The Morgan fingerprint density at radius 1 is 1.31 bits per heavy atom. The van der Waals surface area contributed by atoms with Crippen LogP contribution in [-0.2, 0) is 9.53 Å². The van der Waals surface area contributed by atoms with E-state index in [1.165, 1.54) is 5.19 Å². The largest absolute Gasteiger partial charge is 0.460 e. The topological polar surface area (TPSA) is 26.3 Å². The van der Waals surface area contributed by atoms with Crippen LogP contribution in [0.5, 0.6) is 0 Å². The van der Waals surface area contributed by atoms with Gasteiger partial charge in [-0.05, 0) is 32.9 Å². The van der Waals surface area contributed by atoms with Crippen molar-refractivity contribution in [2.45, 2.75) is 32.4 Å². The summed E-state index contributed by atoms with van der Waals surface area (Å²) < 4.78 is 5.25. The number of ether oxygens (including phenoxy) is 1. The van der Waals surface area contributed by atoms with Crippen LogP contribution in [0.4, 0.5) is 0 Å². The van der Waals surface area contributed by atoms with Gasteiger partial charge in [0.15, 0.2) is 0 Å². The maximum absolute atomic E-state index is 11.5. The van der Waals surface area contributed by atoms with Crippen molar-refractivity contribution in [3.63, 3.8) is 0 Å². The molecule has 0 bridgehead atoms. The van der Waals surface area contributed by atoms with Crippen LogP contribution in [0.25, 0.3) is 0 Å². The molecule has 0 aromatic heterocycles. The first-order valence-electron chi connectivity index (χ1n) is 5.33. The summed E-state index contributed by atoms with van der Waals surface area (Å²) in [6.45, 7) is 5.65. The molecule has 0 atom stereocenters. The van der Waals surface area contributed by atoms with Gasteiger partial charge in [0.2, 0.25) is 0 Å². The molecule has 0 N–H and O–H groups in total. The van der Waals surface area contributed by atoms with Gasteiger partial charge in [0, 0.05) is 11.1 Å². The normalized spacial score (nSPS) is 12.0. The third-order valence-corrected chi connectivity index (χ3v) is 3.91. The molecule has 1 aromatic carbocycles. The Labute approximate surface area is 104 Å². The fraction of sp³-hybridized carbons (Fsp3) is 0.417. The molecule has 1 aromatic rings. The molecule has 0 aliphatic rings. The smallest absolute Gasteiger partial charge is 0.303 e. The summed E-state index contributed by atoms with van der Waals surface area (Å²) in [4.78, 5) is 11.5. The Morgan fingerprint density at radius 2 is 1.88 bits per heavy atom. The molecule has 0 aliphatic carbocycles. The van der Waals surface area contributed by atoms with E-state index in [0.29, 0.717) is 6.04 Å². The molecule has 0 radical (unpaired) electrons. The molecule has 2 nitrogen and oxygen atoms in total. The summed E-state index contributed by atoms with van der Waals surface area (Å²) in [5.74, 6) is -0.103. The Morgan fingerprint density at radius 3 is 2.38 bits per heavy atom. The number of hydrogen-bond acceptors (Lipinski definition) is 2.